The van der Waals surface area contributed by atoms with Gasteiger partial charge in [-0.15, -0.1) is 0 Å². The number of rotatable bonds is 6. The maximum absolute atomic E-state index is 13.6. The van der Waals surface area contributed by atoms with Crippen molar-refractivity contribution in [3.05, 3.63) is 83.9 Å². The Hall–Kier alpha value is -4.13. The fraction of sp³-hybridized carbons (Fsp3) is 0.192. The van der Waals surface area contributed by atoms with Crippen LogP contribution in [0.3, 0.4) is 0 Å². The van der Waals surface area contributed by atoms with Gasteiger partial charge in [0.05, 0.1) is 30.1 Å². The Balaban J connectivity index is 1.66. The molecule has 3 amide bonds. The highest BCUT2D eigenvalue weighted by atomic mass is 16.5. The molecule has 7 heteroatoms. The molecule has 4 rings (SSSR count). The summed E-state index contributed by atoms with van der Waals surface area (Å²) in [5.41, 5.74) is 2.87. The zero-order chi connectivity index (χ0) is 23.4. The summed E-state index contributed by atoms with van der Waals surface area (Å²) in [6.45, 7) is 4.15. The molecule has 1 aliphatic rings. The van der Waals surface area contributed by atoms with Crippen molar-refractivity contribution in [2.24, 2.45) is 0 Å². The van der Waals surface area contributed by atoms with Crippen LogP contribution in [-0.2, 0) is 9.59 Å². The Morgan fingerprint density at radius 3 is 2.48 bits per heavy atom. The second-order valence-corrected chi connectivity index (χ2v) is 7.69. The summed E-state index contributed by atoms with van der Waals surface area (Å²) in [6.07, 6.45) is -0.210. The van der Waals surface area contributed by atoms with Gasteiger partial charge in [-0.3, -0.25) is 19.3 Å². The number of aryl methyl sites for hydroxylation is 1. The van der Waals surface area contributed by atoms with Crippen molar-refractivity contribution in [1.29, 1.82) is 0 Å². The van der Waals surface area contributed by atoms with Crippen molar-refractivity contribution in [1.82, 2.24) is 0 Å². The standard InChI is InChI=1S/C26H25N3O4/c1-3-33-23-15-9-7-13-20(23)27-24(30)16-22-25(31)28-19-12-6-8-14-21(19)29(22)26(32)18-11-5-4-10-17(18)2/h4-15,22H,3,16H2,1-2H3,(H,27,30)(H,28,31)/t22-/m1/s1. The summed E-state index contributed by atoms with van der Waals surface area (Å²) in [7, 11) is 0. The van der Waals surface area contributed by atoms with Crippen molar-refractivity contribution in [3.8, 4) is 5.75 Å². The first kappa shape index (κ1) is 22.1. The van der Waals surface area contributed by atoms with Crippen molar-refractivity contribution in [2.45, 2.75) is 26.3 Å². The fourth-order valence-corrected chi connectivity index (χ4v) is 3.90. The van der Waals surface area contributed by atoms with E-state index in [1.807, 2.05) is 32.0 Å². The van der Waals surface area contributed by atoms with E-state index in [4.69, 9.17) is 4.74 Å². The molecule has 0 bridgehead atoms. The van der Waals surface area contributed by atoms with Gasteiger partial charge in [-0.2, -0.15) is 0 Å². The number of hydrogen-bond acceptors (Lipinski definition) is 4. The lowest BCUT2D eigenvalue weighted by Crippen LogP contribution is -2.52. The van der Waals surface area contributed by atoms with Gasteiger partial charge in [0.1, 0.15) is 11.8 Å². The summed E-state index contributed by atoms with van der Waals surface area (Å²) in [4.78, 5) is 41.1. The van der Waals surface area contributed by atoms with Crippen LogP contribution in [0.5, 0.6) is 5.75 Å². The normalized spacial score (nSPS) is 14.8. The van der Waals surface area contributed by atoms with Crippen LogP contribution in [0.25, 0.3) is 0 Å². The largest absolute Gasteiger partial charge is 0.492 e. The van der Waals surface area contributed by atoms with Gasteiger partial charge in [-0.05, 0) is 49.7 Å². The Morgan fingerprint density at radius 1 is 1.00 bits per heavy atom. The summed E-state index contributed by atoms with van der Waals surface area (Å²) >= 11 is 0. The van der Waals surface area contributed by atoms with Gasteiger partial charge in [-0.1, -0.05) is 42.5 Å². The van der Waals surface area contributed by atoms with E-state index in [9.17, 15) is 14.4 Å². The first-order chi connectivity index (χ1) is 16.0. The third-order valence-corrected chi connectivity index (χ3v) is 5.47. The predicted molar refractivity (Wildman–Crippen MR) is 128 cm³/mol. The lowest BCUT2D eigenvalue weighted by Gasteiger charge is -2.36. The summed E-state index contributed by atoms with van der Waals surface area (Å²) in [5, 5.41) is 5.64. The molecular weight excluding hydrogens is 418 g/mol. The fourth-order valence-electron chi connectivity index (χ4n) is 3.90. The van der Waals surface area contributed by atoms with E-state index in [1.165, 1.54) is 4.90 Å². The number of carbonyl (C=O) groups excluding carboxylic acids is 3. The van der Waals surface area contributed by atoms with Gasteiger partial charge >= 0.3 is 0 Å². The Morgan fingerprint density at radius 2 is 1.70 bits per heavy atom. The highest BCUT2D eigenvalue weighted by Crippen LogP contribution is 2.35. The van der Waals surface area contributed by atoms with Gasteiger partial charge < -0.3 is 15.4 Å². The lowest BCUT2D eigenvalue weighted by molar-refractivity contribution is -0.122. The molecule has 0 spiro atoms. The van der Waals surface area contributed by atoms with Crippen LogP contribution in [0.4, 0.5) is 17.1 Å². The molecule has 3 aromatic carbocycles. The van der Waals surface area contributed by atoms with Gasteiger partial charge in [0.2, 0.25) is 11.8 Å². The van der Waals surface area contributed by atoms with Crippen LogP contribution in [0, 0.1) is 6.92 Å². The minimum Gasteiger partial charge on any atom is -0.492 e. The number of amides is 3. The molecule has 0 aliphatic carbocycles. The summed E-state index contributed by atoms with van der Waals surface area (Å²) in [5.74, 6) is -0.601. The number of nitrogens with one attached hydrogen (secondary N) is 2. The maximum Gasteiger partial charge on any atom is 0.259 e. The van der Waals surface area contributed by atoms with Gasteiger partial charge in [0.25, 0.3) is 5.91 Å². The topological polar surface area (TPSA) is 87.7 Å². The Kier molecular flexibility index (Phi) is 6.40. The van der Waals surface area contributed by atoms with Crippen LogP contribution < -0.4 is 20.3 Å². The minimum absolute atomic E-state index is 0.210. The molecule has 33 heavy (non-hydrogen) atoms. The molecule has 7 nitrogen and oxygen atoms in total. The second-order valence-electron chi connectivity index (χ2n) is 7.69. The van der Waals surface area contributed by atoms with E-state index in [1.54, 1.807) is 54.6 Å². The molecule has 0 fully saturated rings. The highest BCUT2D eigenvalue weighted by molar-refractivity contribution is 6.18. The van der Waals surface area contributed by atoms with Crippen LogP contribution in [0.1, 0.15) is 29.3 Å². The van der Waals surface area contributed by atoms with Crippen LogP contribution in [-0.4, -0.2) is 30.4 Å². The smallest absolute Gasteiger partial charge is 0.259 e. The molecule has 2 N–H and O–H groups in total. The molecule has 1 atom stereocenters. The van der Waals surface area contributed by atoms with Crippen molar-refractivity contribution in [3.63, 3.8) is 0 Å². The maximum atomic E-state index is 13.6. The molecule has 1 aliphatic heterocycles. The Bertz CT molecular complexity index is 1210. The summed E-state index contributed by atoms with van der Waals surface area (Å²) in [6, 6.07) is 20.4. The van der Waals surface area contributed by atoms with Crippen LogP contribution in [0.15, 0.2) is 72.8 Å². The molecule has 3 aromatic rings. The zero-order valence-corrected chi connectivity index (χ0v) is 18.5. The van der Waals surface area contributed by atoms with Gasteiger partial charge in [-0.25, -0.2) is 0 Å². The number of nitrogens with zero attached hydrogens (tertiary/aromatic N) is 1. The third-order valence-electron chi connectivity index (χ3n) is 5.47. The molecule has 0 radical (unpaired) electrons. The summed E-state index contributed by atoms with van der Waals surface area (Å²) < 4.78 is 5.57. The van der Waals surface area contributed by atoms with E-state index in [-0.39, 0.29) is 12.3 Å². The second kappa shape index (κ2) is 9.56. The molecule has 0 saturated heterocycles. The lowest BCUT2D eigenvalue weighted by atomic mass is 10.0. The number of fused-ring (bicyclic) bond motifs is 1. The van der Waals surface area contributed by atoms with Gasteiger partial charge in [0, 0.05) is 5.56 Å². The van der Waals surface area contributed by atoms with Crippen molar-refractivity contribution in [2.75, 3.05) is 22.1 Å². The van der Waals surface area contributed by atoms with Crippen LogP contribution >= 0.6 is 0 Å². The first-order valence-corrected chi connectivity index (χ1v) is 10.8. The number of anilines is 3. The van der Waals surface area contributed by atoms with E-state index in [2.05, 4.69) is 10.6 Å². The Labute approximate surface area is 192 Å². The highest BCUT2D eigenvalue weighted by Gasteiger charge is 2.39. The number of para-hydroxylation sites is 4. The SMILES string of the molecule is CCOc1ccccc1NC(=O)C[C@@H]1C(=O)Nc2ccccc2N1C(=O)c1ccccc1C. The van der Waals surface area contributed by atoms with Crippen molar-refractivity contribution >= 4 is 34.8 Å². The molecule has 168 valence electrons. The number of carbonyl (C=O) groups is 3. The molecule has 0 unspecified atom stereocenters. The van der Waals surface area contributed by atoms with E-state index in [0.717, 1.165) is 5.56 Å². The zero-order valence-electron chi connectivity index (χ0n) is 18.5. The average Bonchev–Trinajstić information content (AvgIpc) is 2.81. The van der Waals surface area contributed by atoms with E-state index in [0.29, 0.717) is 35.0 Å². The number of hydrogen-bond donors (Lipinski definition) is 2. The predicted octanol–water partition coefficient (Wildman–Crippen LogP) is 4.39. The third kappa shape index (κ3) is 4.57. The number of benzene rings is 3. The quantitative estimate of drug-likeness (QED) is 0.592. The van der Waals surface area contributed by atoms with Crippen molar-refractivity contribution < 1.29 is 19.1 Å². The van der Waals surface area contributed by atoms with Gasteiger partial charge in [0.15, 0.2) is 0 Å². The minimum atomic E-state index is -1.01. The first-order valence-electron chi connectivity index (χ1n) is 10.8. The molecular formula is C26H25N3O4. The average molecular weight is 444 g/mol. The molecule has 0 aromatic heterocycles. The van der Waals surface area contributed by atoms with Crippen LogP contribution in [0.2, 0.25) is 0 Å². The van der Waals surface area contributed by atoms with E-state index >= 15 is 0 Å². The molecule has 0 saturated carbocycles. The monoisotopic (exact) mass is 443 g/mol. The number of ether oxygens (including phenoxy) is 1. The van der Waals surface area contributed by atoms with E-state index < -0.39 is 17.9 Å². The molecule has 1 heterocycles.